The third kappa shape index (κ3) is 3.34. The fraction of sp³-hybridized carbons (Fsp3) is 0.733. The molecule has 0 spiro atoms. The summed E-state index contributed by atoms with van der Waals surface area (Å²) in [5.74, 6) is 0.741. The van der Waals surface area contributed by atoms with E-state index in [1.54, 1.807) is 0 Å². The van der Waals surface area contributed by atoms with Crippen molar-refractivity contribution < 1.29 is 0 Å². The Morgan fingerprint density at radius 1 is 1.44 bits per heavy atom. The number of thiophene rings is 1. The van der Waals surface area contributed by atoms with Crippen molar-refractivity contribution in [2.75, 3.05) is 13.1 Å². The Balaban J connectivity index is 1.89. The van der Waals surface area contributed by atoms with Crippen LogP contribution >= 0.6 is 11.3 Å². The van der Waals surface area contributed by atoms with Crippen LogP contribution in [0.5, 0.6) is 0 Å². The molecular weight excluding hydrogens is 240 g/mol. The summed E-state index contributed by atoms with van der Waals surface area (Å²) in [7, 11) is 0. The van der Waals surface area contributed by atoms with E-state index in [1.807, 2.05) is 11.3 Å². The first-order valence-electron chi connectivity index (χ1n) is 7.22. The lowest BCUT2D eigenvalue weighted by Gasteiger charge is -2.43. The topological polar surface area (TPSA) is 15.3 Å². The van der Waals surface area contributed by atoms with Gasteiger partial charge >= 0.3 is 0 Å². The van der Waals surface area contributed by atoms with Crippen LogP contribution in [0.1, 0.15) is 38.5 Å². The van der Waals surface area contributed by atoms with E-state index in [0.29, 0.717) is 12.1 Å². The minimum Gasteiger partial charge on any atom is -0.314 e. The lowest BCUT2D eigenvalue weighted by atomic mass is 9.87. The van der Waals surface area contributed by atoms with Crippen molar-refractivity contribution >= 4 is 11.3 Å². The Morgan fingerprint density at radius 3 is 2.94 bits per heavy atom. The number of rotatable bonds is 5. The van der Waals surface area contributed by atoms with Crippen LogP contribution in [0.2, 0.25) is 0 Å². The molecule has 3 atom stereocenters. The van der Waals surface area contributed by atoms with Crippen LogP contribution in [0.4, 0.5) is 0 Å². The maximum absolute atomic E-state index is 3.71. The molecule has 0 bridgehead atoms. The van der Waals surface area contributed by atoms with Crippen molar-refractivity contribution in [2.24, 2.45) is 5.92 Å². The predicted octanol–water partition coefficient (Wildman–Crippen LogP) is 3.35. The molecule has 0 saturated carbocycles. The SMILES string of the molecule is CCCNC1CCN(Cc2cccs2)C(C)C1C. The summed E-state index contributed by atoms with van der Waals surface area (Å²) >= 11 is 1.88. The summed E-state index contributed by atoms with van der Waals surface area (Å²) in [6.07, 6.45) is 2.52. The Labute approximate surface area is 115 Å². The highest BCUT2D eigenvalue weighted by Gasteiger charge is 2.31. The highest BCUT2D eigenvalue weighted by molar-refractivity contribution is 7.09. The minimum atomic E-state index is 0.676. The number of hydrogen-bond acceptors (Lipinski definition) is 3. The van der Waals surface area contributed by atoms with E-state index in [-0.39, 0.29) is 0 Å². The van der Waals surface area contributed by atoms with Crippen LogP contribution in [0.25, 0.3) is 0 Å². The summed E-state index contributed by atoms with van der Waals surface area (Å²) in [5.41, 5.74) is 0. The van der Waals surface area contributed by atoms with Crippen LogP contribution in [0.15, 0.2) is 17.5 Å². The molecule has 2 heterocycles. The average Bonchev–Trinajstić information content (AvgIpc) is 2.87. The normalized spacial score (nSPS) is 29.6. The maximum atomic E-state index is 3.71. The number of nitrogens with one attached hydrogen (secondary N) is 1. The summed E-state index contributed by atoms with van der Waals surface area (Å²) in [4.78, 5) is 4.13. The number of likely N-dealkylation sites (tertiary alicyclic amines) is 1. The van der Waals surface area contributed by atoms with E-state index in [0.717, 1.165) is 19.0 Å². The molecule has 1 N–H and O–H groups in total. The Bertz CT molecular complexity index is 336. The highest BCUT2D eigenvalue weighted by atomic mass is 32.1. The number of nitrogens with zero attached hydrogens (tertiary/aromatic N) is 1. The highest BCUT2D eigenvalue weighted by Crippen LogP contribution is 2.26. The third-order valence-corrected chi connectivity index (χ3v) is 5.16. The van der Waals surface area contributed by atoms with E-state index in [4.69, 9.17) is 0 Å². The van der Waals surface area contributed by atoms with Gasteiger partial charge in [0.05, 0.1) is 0 Å². The van der Waals surface area contributed by atoms with Gasteiger partial charge in [-0.15, -0.1) is 11.3 Å². The van der Waals surface area contributed by atoms with Gasteiger partial charge in [0.15, 0.2) is 0 Å². The zero-order valence-corrected chi connectivity index (χ0v) is 12.7. The second kappa shape index (κ2) is 6.69. The van der Waals surface area contributed by atoms with Gasteiger partial charge in [0, 0.05) is 30.1 Å². The average molecular weight is 266 g/mol. The fourth-order valence-corrected chi connectivity index (χ4v) is 3.61. The smallest absolute Gasteiger partial charge is 0.0330 e. The van der Waals surface area contributed by atoms with Crippen LogP contribution in [-0.4, -0.2) is 30.1 Å². The lowest BCUT2D eigenvalue weighted by molar-refractivity contribution is 0.0794. The molecule has 1 aliphatic rings. The van der Waals surface area contributed by atoms with Gasteiger partial charge in [0.1, 0.15) is 0 Å². The zero-order chi connectivity index (χ0) is 13.0. The van der Waals surface area contributed by atoms with Gasteiger partial charge in [0.25, 0.3) is 0 Å². The maximum Gasteiger partial charge on any atom is 0.0330 e. The number of hydrogen-bond donors (Lipinski definition) is 1. The third-order valence-electron chi connectivity index (χ3n) is 4.29. The van der Waals surface area contributed by atoms with E-state index < -0.39 is 0 Å². The Hall–Kier alpha value is -0.380. The second-order valence-corrected chi connectivity index (χ2v) is 6.53. The molecule has 1 fully saturated rings. The zero-order valence-electron chi connectivity index (χ0n) is 11.9. The summed E-state index contributed by atoms with van der Waals surface area (Å²) in [5, 5.41) is 5.89. The molecular formula is C15H26N2S. The first kappa shape index (κ1) is 14.0. The Morgan fingerprint density at radius 2 is 2.28 bits per heavy atom. The van der Waals surface area contributed by atoms with Crippen molar-refractivity contribution in [3.63, 3.8) is 0 Å². The molecule has 1 aliphatic heterocycles. The quantitative estimate of drug-likeness (QED) is 0.879. The molecule has 18 heavy (non-hydrogen) atoms. The molecule has 0 amide bonds. The van der Waals surface area contributed by atoms with Crippen LogP contribution in [0.3, 0.4) is 0 Å². The molecule has 1 aromatic heterocycles. The molecule has 3 unspecified atom stereocenters. The molecule has 102 valence electrons. The van der Waals surface area contributed by atoms with Crippen LogP contribution in [-0.2, 0) is 6.54 Å². The molecule has 2 nitrogen and oxygen atoms in total. The summed E-state index contributed by atoms with van der Waals surface area (Å²) < 4.78 is 0. The minimum absolute atomic E-state index is 0.676. The van der Waals surface area contributed by atoms with Gasteiger partial charge in [-0.3, -0.25) is 4.90 Å². The number of piperidine rings is 1. The van der Waals surface area contributed by atoms with Crippen molar-refractivity contribution in [3.05, 3.63) is 22.4 Å². The van der Waals surface area contributed by atoms with Gasteiger partial charge in [-0.2, -0.15) is 0 Å². The van der Waals surface area contributed by atoms with Crippen LogP contribution in [0, 0.1) is 5.92 Å². The summed E-state index contributed by atoms with van der Waals surface area (Å²) in [6.45, 7) is 10.5. The van der Waals surface area contributed by atoms with Crippen molar-refractivity contribution in [1.29, 1.82) is 0 Å². The van der Waals surface area contributed by atoms with E-state index >= 15 is 0 Å². The molecule has 3 heteroatoms. The lowest BCUT2D eigenvalue weighted by Crippen LogP contribution is -2.53. The summed E-state index contributed by atoms with van der Waals surface area (Å²) in [6, 6.07) is 5.79. The Kier molecular flexibility index (Phi) is 5.22. The van der Waals surface area contributed by atoms with Crippen molar-refractivity contribution in [1.82, 2.24) is 10.2 Å². The van der Waals surface area contributed by atoms with Gasteiger partial charge in [-0.1, -0.05) is 19.9 Å². The molecule has 2 rings (SSSR count). The van der Waals surface area contributed by atoms with Gasteiger partial charge in [0.2, 0.25) is 0 Å². The van der Waals surface area contributed by atoms with Gasteiger partial charge in [-0.25, -0.2) is 0 Å². The van der Waals surface area contributed by atoms with E-state index in [9.17, 15) is 0 Å². The molecule has 0 aromatic carbocycles. The predicted molar refractivity (Wildman–Crippen MR) is 80.1 cm³/mol. The fourth-order valence-electron chi connectivity index (χ4n) is 2.88. The van der Waals surface area contributed by atoms with Gasteiger partial charge < -0.3 is 5.32 Å². The van der Waals surface area contributed by atoms with Crippen molar-refractivity contribution in [3.8, 4) is 0 Å². The molecule has 1 aromatic rings. The van der Waals surface area contributed by atoms with E-state index in [2.05, 4.69) is 48.5 Å². The first-order chi connectivity index (χ1) is 8.72. The molecule has 1 saturated heterocycles. The van der Waals surface area contributed by atoms with E-state index in [1.165, 1.54) is 24.3 Å². The standard InChI is InChI=1S/C15H26N2S/c1-4-8-16-15-7-9-17(13(3)12(15)2)11-14-6-5-10-18-14/h5-6,10,12-13,15-16H,4,7-9,11H2,1-3H3. The first-order valence-corrected chi connectivity index (χ1v) is 8.10. The van der Waals surface area contributed by atoms with Crippen molar-refractivity contribution in [2.45, 2.75) is 52.2 Å². The largest absolute Gasteiger partial charge is 0.314 e. The monoisotopic (exact) mass is 266 g/mol. The van der Waals surface area contributed by atoms with Gasteiger partial charge in [-0.05, 0) is 43.7 Å². The molecule has 0 aliphatic carbocycles. The molecule has 0 radical (unpaired) electrons. The second-order valence-electron chi connectivity index (χ2n) is 5.50. The van der Waals surface area contributed by atoms with Crippen LogP contribution < -0.4 is 5.32 Å².